The Labute approximate surface area is 159 Å². The highest BCUT2D eigenvalue weighted by Gasteiger charge is 2.10. The number of carbonyl (C=O) groups is 1. The first-order chi connectivity index (χ1) is 13.5. The van der Waals surface area contributed by atoms with E-state index < -0.39 is 6.61 Å². The molecule has 0 aliphatic heterocycles. The molecule has 0 saturated carbocycles. The molecule has 1 N–H and O–H groups in total. The molecule has 0 unspecified atom stereocenters. The molecule has 0 saturated heterocycles. The molecular formula is C20H17F3N2O3. The van der Waals surface area contributed by atoms with Crippen LogP contribution in [0.1, 0.15) is 17.9 Å². The van der Waals surface area contributed by atoms with Crippen molar-refractivity contribution in [3.05, 3.63) is 72.0 Å². The van der Waals surface area contributed by atoms with Gasteiger partial charge in [0.25, 0.3) is 0 Å². The summed E-state index contributed by atoms with van der Waals surface area (Å²) in [7, 11) is 0. The molecular weight excluding hydrogens is 373 g/mol. The van der Waals surface area contributed by atoms with E-state index in [2.05, 4.69) is 15.0 Å². The van der Waals surface area contributed by atoms with Gasteiger partial charge in [0, 0.05) is 24.9 Å². The van der Waals surface area contributed by atoms with E-state index in [4.69, 9.17) is 4.42 Å². The number of halogens is 3. The second kappa shape index (κ2) is 9.07. The van der Waals surface area contributed by atoms with Gasteiger partial charge in [0.15, 0.2) is 11.7 Å². The fourth-order valence-corrected chi connectivity index (χ4v) is 2.47. The Bertz CT molecular complexity index is 909. The molecule has 0 atom stereocenters. The lowest BCUT2D eigenvalue weighted by Gasteiger charge is -2.07. The van der Waals surface area contributed by atoms with E-state index in [9.17, 15) is 18.0 Å². The van der Waals surface area contributed by atoms with Crippen LogP contribution in [0.3, 0.4) is 0 Å². The summed E-state index contributed by atoms with van der Waals surface area (Å²) in [5.41, 5.74) is 1.45. The number of aryl methyl sites for hydroxylation is 1. The molecule has 1 amide bonds. The van der Waals surface area contributed by atoms with Crippen LogP contribution in [-0.2, 0) is 17.8 Å². The maximum atomic E-state index is 13.0. The first-order valence-electron chi connectivity index (χ1n) is 8.51. The number of ether oxygens (including phenoxy) is 1. The number of benzene rings is 2. The van der Waals surface area contributed by atoms with Crippen molar-refractivity contribution in [2.24, 2.45) is 0 Å². The minimum atomic E-state index is -2.87. The van der Waals surface area contributed by atoms with Crippen molar-refractivity contribution in [3.8, 4) is 17.1 Å². The smallest absolute Gasteiger partial charge is 0.387 e. The Morgan fingerprint density at radius 1 is 1.11 bits per heavy atom. The standard InChI is InChI=1S/C20H17F3N2O3/c21-15-5-3-14(4-6-15)17-12-25-19(28-17)10-9-18(26)24-11-13-1-7-16(8-2-13)27-20(22)23/h1-8,12,20H,9-11H2,(H,24,26). The van der Waals surface area contributed by atoms with E-state index in [1.165, 1.54) is 30.5 Å². The largest absolute Gasteiger partial charge is 0.441 e. The topological polar surface area (TPSA) is 64.4 Å². The second-order valence-corrected chi connectivity index (χ2v) is 5.92. The van der Waals surface area contributed by atoms with Gasteiger partial charge in [-0.3, -0.25) is 4.79 Å². The van der Waals surface area contributed by atoms with Crippen LogP contribution in [0.5, 0.6) is 5.75 Å². The molecule has 2 aromatic carbocycles. The lowest BCUT2D eigenvalue weighted by Crippen LogP contribution is -2.23. The highest BCUT2D eigenvalue weighted by atomic mass is 19.3. The summed E-state index contributed by atoms with van der Waals surface area (Å²) in [5.74, 6) is 0.432. The predicted molar refractivity (Wildman–Crippen MR) is 95.1 cm³/mol. The van der Waals surface area contributed by atoms with Crippen molar-refractivity contribution < 1.29 is 27.1 Å². The summed E-state index contributed by atoms with van der Waals surface area (Å²) in [6.07, 6.45) is 2.02. The van der Waals surface area contributed by atoms with Gasteiger partial charge in [-0.05, 0) is 42.0 Å². The van der Waals surface area contributed by atoms with Gasteiger partial charge in [-0.15, -0.1) is 0 Å². The van der Waals surface area contributed by atoms with Crippen LogP contribution in [-0.4, -0.2) is 17.5 Å². The highest BCUT2D eigenvalue weighted by molar-refractivity contribution is 5.76. The zero-order valence-electron chi connectivity index (χ0n) is 14.7. The van der Waals surface area contributed by atoms with Crippen LogP contribution in [0.4, 0.5) is 13.2 Å². The Morgan fingerprint density at radius 2 is 1.82 bits per heavy atom. The van der Waals surface area contributed by atoms with Crippen LogP contribution in [0, 0.1) is 5.82 Å². The third-order valence-corrected chi connectivity index (χ3v) is 3.89. The summed E-state index contributed by atoms with van der Waals surface area (Å²) in [5, 5.41) is 2.74. The monoisotopic (exact) mass is 390 g/mol. The van der Waals surface area contributed by atoms with Crippen LogP contribution >= 0.6 is 0 Å². The molecule has 1 heterocycles. The van der Waals surface area contributed by atoms with Gasteiger partial charge in [-0.1, -0.05) is 12.1 Å². The van der Waals surface area contributed by atoms with Crippen molar-refractivity contribution in [2.75, 3.05) is 0 Å². The summed E-state index contributed by atoms with van der Waals surface area (Å²) >= 11 is 0. The van der Waals surface area contributed by atoms with Gasteiger partial charge in [-0.2, -0.15) is 8.78 Å². The molecule has 3 rings (SSSR count). The summed E-state index contributed by atoms with van der Waals surface area (Å²) < 4.78 is 47.0. The quantitative estimate of drug-likeness (QED) is 0.622. The van der Waals surface area contributed by atoms with Gasteiger partial charge >= 0.3 is 6.61 Å². The first-order valence-corrected chi connectivity index (χ1v) is 8.51. The number of oxazole rings is 1. The Morgan fingerprint density at radius 3 is 2.50 bits per heavy atom. The fourth-order valence-electron chi connectivity index (χ4n) is 2.47. The molecule has 5 nitrogen and oxygen atoms in total. The molecule has 146 valence electrons. The molecule has 0 bridgehead atoms. The fraction of sp³-hybridized carbons (Fsp3) is 0.200. The molecule has 28 heavy (non-hydrogen) atoms. The number of rotatable bonds is 8. The Kier molecular flexibility index (Phi) is 6.31. The number of alkyl halides is 2. The average molecular weight is 390 g/mol. The van der Waals surface area contributed by atoms with Crippen molar-refractivity contribution in [1.29, 1.82) is 0 Å². The Hall–Kier alpha value is -3.29. The zero-order valence-corrected chi connectivity index (χ0v) is 14.7. The van der Waals surface area contributed by atoms with Gasteiger partial charge < -0.3 is 14.5 Å². The van der Waals surface area contributed by atoms with Crippen molar-refractivity contribution in [1.82, 2.24) is 10.3 Å². The normalized spacial score (nSPS) is 10.9. The van der Waals surface area contributed by atoms with Gasteiger partial charge in [-0.25, -0.2) is 9.37 Å². The lowest BCUT2D eigenvalue weighted by atomic mass is 10.2. The minimum Gasteiger partial charge on any atom is -0.441 e. The molecule has 3 aromatic rings. The number of hydrogen-bond acceptors (Lipinski definition) is 4. The van der Waals surface area contributed by atoms with E-state index in [-0.39, 0.29) is 30.4 Å². The third kappa shape index (κ3) is 5.60. The van der Waals surface area contributed by atoms with Crippen LogP contribution in [0.2, 0.25) is 0 Å². The van der Waals surface area contributed by atoms with Crippen molar-refractivity contribution in [3.63, 3.8) is 0 Å². The molecule has 0 radical (unpaired) electrons. The maximum Gasteiger partial charge on any atom is 0.387 e. The number of amides is 1. The number of hydrogen-bond donors (Lipinski definition) is 1. The summed E-state index contributed by atoms with van der Waals surface area (Å²) in [6.45, 7) is -2.61. The van der Waals surface area contributed by atoms with E-state index >= 15 is 0 Å². The summed E-state index contributed by atoms with van der Waals surface area (Å²) in [6, 6.07) is 11.9. The van der Waals surface area contributed by atoms with E-state index in [1.54, 1.807) is 24.3 Å². The van der Waals surface area contributed by atoms with Crippen LogP contribution < -0.4 is 10.1 Å². The third-order valence-electron chi connectivity index (χ3n) is 3.89. The number of aromatic nitrogens is 1. The van der Waals surface area contributed by atoms with Gasteiger partial charge in [0.05, 0.1) is 6.20 Å². The van der Waals surface area contributed by atoms with Crippen molar-refractivity contribution in [2.45, 2.75) is 26.0 Å². The van der Waals surface area contributed by atoms with Gasteiger partial charge in [0.2, 0.25) is 5.91 Å². The number of nitrogens with zero attached hydrogens (tertiary/aromatic N) is 1. The maximum absolute atomic E-state index is 13.0. The van der Waals surface area contributed by atoms with Crippen LogP contribution in [0.25, 0.3) is 11.3 Å². The van der Waals surface area contributed by atoms with E-state index in [0.29, 0.717) is 23.6 Å². The number of nitrogens with one attached hydrogen (secondary N) is 1. The SMILES string of the molecule is O=C(CCc1ncc(-c2ccc(F)cc2)o1)NCc1ccc(OC(F)F)cc1. The van der Waals surface area contributed by atoms with E-state index in [1.807, 2.05) is 0 Å². The average Bonchev–Trinajstić information content (AvgIpc) is 3.15. The summed E-state index contributed by atoms with van der Waals surface area (Å²) in [4.78, 5) is 16.1. The molecule has 0 fully saturated rings. The Balaban J connectivity index is 1.45. The molecule has 0 aliphatic rings. The van der Waals surface area contributed by atoms with Crippen molar-refractivity contribution >= 4 is 5.91 Å². The molecule has 0 spiro atoms. The zero-order chi connectivity index (χ0) is 19.9. The minimum absolute atomic E-state index is 0.0610. The number of carbonyl (C=O) groups excluding carboxylic acids is 1. The highest BCUT2D eigenvalue weighted by Crippen LogP contribution is 2.21. The first kappa shape index (κ1) is 19.5. The second-order valence-electron chi connectivity index (χ2n) is 5.92. The predicted octanol–water partition coefficient (Wildman–Crippen LogP) is 4.33. The van der Waals surface area contributed by atoms with Crippen LogP contribution in [0.15, 0.2) is 59.1 Å². The molecule has 1 aromatic heterocycles. The van der Waals surface area contributed by atoms with E-state index in [0.717, 1.165) is 5.56 Å². The van der Waals surface area contributed by atoms with Gasteiger partial charge in [0.1, 0.15) is 11.6 Å². The lowest BCUT2D eigenvalue weighted by molar-refractivity contribution is -0.121. The molecule has 0 aliphatic carbocycles. The molecule has 8 heteroatoms.